The molecule has 102 valence electrons. The summed E-state index contributed by atoms with van der Waals surface area (Å²) in [5.74, 6) is -0.647. The third-order valence-corrected chi connectivity index (χ3v) is 4.59. The van der Waals surface area contributed by atoms with Crippen LogP contribution < -0.4 is 10.5 Å². The number of sulfonamides is 1. The molecule has 0 aliphatic heterocycles. The Labute approximate surface area is 113 Å². The molecular formula is C10H11FN4O2S2. The van der Waals surface area contributed by atoms with Gasteiger partial charge < -0.3 is 5.73 Å². The van der Waals surface area contributed by atoms with Crippen LogP contribution in [0.4, 0.5) is 9.52 Å². The topological polar surface area (TPSA) is 98.0 Å². The standard InChI is InChI=1S/C10H11FN4O2S2/c1-6-13-14-10(18-6)15-19(16,17)9-4-8(11)3-2-7(9)5-12/h2-4H,5,12H2,1H3,(H,14,15). The van der Waals surface area contributed by atoms with Crippen LogP contribution in [-0.2, 0) is 16.6 Å². The summed E-state index contributed by atoms with van der Waals surface area (Å²) in [6, 6.07) is 3.43. The Morgan fingerprint density at radius 1 is 1.42 bits per heavy atom. The van der Waals surface area contributed by atoms with Crippen molar-refractivity contribution in [3.8, 4) is 0 Å². The molecule has 0 amide bonds. The molecule has 0 atom stereocenters. The van der Waals surface area contributed by atoms with E-state index in [1.54, 1.807) is 6.92 Å². The Balaban J connectivity index is 2.41. The van der Waals surface area contributed by atoms with Crippen LogP contribution in [-0.4, -0.2) is 18.6 Å². The molecule has 2 aromatic rings. The minimum Gasteiger partial charge on any atom is -0.326 e. The molecule has 0 saturated carbocycles. The first kappa shape index (κ1) is 13.8. The number of aromatic nitrogens is 2. The molecule has 0 unspecified atom stereocenters. The van der Waals surface area contributed by atoms with Gasteiger partial charge in [0, 0.05) is 6.54 Å². The van der Waals surface area contributed by atoms with Crippen molar-refractivity contribution in [3.05, 3.63) is 34.6 Å². The number of anilines is 1. The highest BCUT2D eigenvalue weighted by Crippen LogP contribution is 2.22. The fourth-order valence-electron chi connectivity index (χ4n) is 1.45. The molecule has 0 aliphatic rings. The second kappa shape index (κ2) is 5.19. The van der Waals surface area contributed by atoms with Crippen molar-refractivity contribution < 1.29 is 12.8 Å². The van der Waals surface area contributed by atoms with Gasteiger partial charge in [-0.25, -0.2) is 12.8 Å². The van der Waals surface area contributed by atoms with E-state index in [-0.39, 0.29) is 16.6 Å². The van der Waals surface area contributed by atoms with Crippen LogP contribution in [0.1, 0.15) is 10.6 Å². The van der Waals surface area contributed by atoms with E-state index in [1.165, 1.54) is 6.07 Å². The summed E-state index contributed by atoms with van der Waals surface area (Å²) in [5.41, 5.74) is 5.78. The highest BCUT2D eigenvalue weighted by atomic mass is 32.2. The molecule has 2 rings (SSSR count). The van der Waals surface area contributed by atoms with Gasteiger partial charge in [-0.2, -0.15) is 0 Å². The third-order valence-electron chi connectivity index (χ3n) is 2.29. The molecule has 0 spiro atoms. The average molecular weight is 302 g/mol. The Morgan fingerprint density at radius 2 is 2.16 bits per heavy atom. The number of hydrogen-bond acceptors (Lipinski definition) is 6. The lowest BCUT2D eigenvalue weighted by molar-refractivity contribution is 0.593. The number of hydrogen-bond donors (Lipinski definition) is 2. The molecule has 1 aromatic carbocycles. The van der Waals surface area contributed by atoms with Crippen molar-refractivity contribution in [2.75, 3.05) is 4.72 Å². The molecule has 1 heterocycles. The molecule has 9 heteroatoms. The van der Waals surface area contributed by atoms with Crippen molar-refractivity contribution in [2.24, 2.45) is 5.73 Å². The summed E-state index contributed by atoms with van der Waals surface area (Å²) in [4.78, 5) is -0.192. The lowest BCUT2D eigenvalue weighted by Gasteiger charge is -2.09. The van der Waals surface area contributed by atoms with Gasteiger partial charge in [-0.05, 0) is 24.6 Å². The van der Waals surface area contributed by atoms with E-state index in [0.717, 1.165) is 23.5 Å². The lowest BCUT2D eigenvalue weighted by atomic mass is 10.2. The smallest absolute Gasteiger partial charge is 0.264 e. The van der Waals surface area contributed by atoms with Gasteiger partial charge >= 0.3 is 0 Å². The number of aryl methyl sites for hydroxylation is 1. The summed E-state index contributed by atoms with van der Waals surface area (Å²) in [6.07, 6.45) is 0. The zero-order valence-electron chi connectivity index (χ0n) is 9.92. The third kappa shape index (κ3) is 3.06. The van der Waals surface area contributed by atoms with Crippen LogP contribution in [0.25, 0.3) is 0 Å². The molecular weight excluding hydrogens is 291 g/mol. The molecule has 6 nitrogen and oxygen atoms in total. The van der Waals surface area contributed by atoms with Crippen molar-refractivity contribution in [2.45, 2.75) is 18.4 Å². The minimum atomic E-state index is -3.93. The van der Waals surface area contributed by atoms with E-state index >= 15 is 0 Å². The highest BCUT2D eigenvalue weighted by Gasteiger charge is 2.20. The summed E-state index contributed by atoms with van der Waals surface area (Å²) in [7, 11) is -3.93. The van der Waals surface area contributed by atoms with E-state index in [2.05, 4.69) is 14.9 Å². The minimum absolute atomic E-state index is 0.00826. The van der Waals surface area contributed by atoms with E-state index in [1.807, 2.05) is 0 Å². The van der Waals surface area contributed by atoms with Gasteiger partial charge in [-0.1, -0.05) is 17.4 Å². The van der Waals surface area contributed by atoms with Crippen LogP contribution in [0.2, 0.25) is 0 Å². The number of nitrogens with zero attached hydrogens (tertiary/aromatic N) is 2. The van der Waals surface area contributed by atoms with E-state index in [0.29, 0.717) is 10.6 Å². The van der Waals surface area contributed by atoms with Gasteiger partial charge in [-0.3, -0.25) is 4.72 Å². The lowest BCUT2D eigenvalue weighted by Crippen LogP contribution is -2.16. The average Bonchev–Trinajstić information content (AvgIpc) is 2.74. The van der Waals surface area contributed by atoms with Gasteiger partial charge in [0.05, 0.1) is 4.90 Å². The SMILES string of the molecule is Cc1nnc(NS(=O)(=O)c2cc(F)ccc2CN)s1. The van der Waals surface area contributed by atoms with Crippen LogP contribution in [0, 0.1) is 12.7 Å². The number of nitrogens with two attached hydrogens (primary N) is 1. The summed E-state index contributed by atoms with van der Waals surface area (Å²) in [5, 5.41) is 8.11. The summed E-state index contributed by atoms with van der Waals surface area (Å²) >= 11 is 1.09. The summed E-state index contributed by atoms with van der Waals surface area (Å²) < 4.78 is 39.7. The van der Waals surface area contributed by atoms with Crippen LogP contribution in [0.5, 0.6) is 0 Å². The first-order valence-electron chi connectivity index (χ1n) is 5.24. The zero-order chi connectivity index (χ0) is 14.0. The fourth-order valence-corrected chi connectivity index (χ4v) is 3.54. The summed E-state index contributed by atoms with van der Waals surface area (Å²) in [6.45, 7) is 1.69. The maximum absolute atomic E-state index is 13.2. The van der Waals surface area contributed by atoms with Gasteiger partial charge in [-0.15, -0.1) is 10.2 Å². The van der Waals surface area contributed by atoms with Gasteiger partial charge in [0.15, 0.2) is 0 Å². The van der Waals surface area contributed by atoms with Crippen molar-refractivity contribution in [3.63, 3.8) is 0 Å². The molecule has 0 bridgehead atoms. The molecule has 0 radical (unpaired) electrons. The Bertz CT molecular complexity index is 699. The first-order chi connectivity index (χ1) is 8.92. The Kier molecular flexibility index (Phi) is 3.78. The molecule has 3 N–H and O–H groups in total. The predicted octanol–water partition coefficient (Wildman–Crippen LogP) is 1.25. The molecule has 0 fully saturated rings. The largest absolute Gasteiger partial charge is 0.326 e. The second-order valence-corrected chi connectivity index (χ2v) is 6.52. The highest BCUT2D eigenvalue weighted by molar-refractivity contribution is 7.93. The quantitative estimate of drug-likeness (QED) is 0.885. The molecule has 0 aliphatic carbocycles. The van der Waals surface area contributed by atoms with Crippen molar-refractivity contribution >= 4 is 26.5 Å². The number of nitrogens with one attached hydrogen (secondary N) is 1. The van der Waals surface area contributed by atoms with Gasteiger partial charge in [0.1, 0.15) is 10.8 Å². The van der Waals surface area contributed by atoms with Crippen LogP contribution >= 0.6 is 11.3 Å². The van der Waals surface area contributed by atoms with Crippen LogP contribution in [0.3, 0.4) is 0 Å². The Morgan fingerprint density at radius 3 is 2.74 bits per heavy atom. The number of halogens is 1. The first-order valence-corrected chi connectivity index (χ1v) is 7.54. The normalized spacial score (nSPS) is 11.5. The van der Waals surface area contributed by atoms with Gasteiger partial charge in [0.25, 0.3) is 10.0 Å². The fraction of sp³-hybridized carbons (Fsp3) is 0.200. The molecule has 19 heavy (non-hydrogen) atoms. The monoisotopic (exact) mass is 302 g/mol. The maximum atomic E-state index is 13.2. The molecule has 1 aromatic heterocycles. The Hall–Kier alpha value is -1.58. The van der Waals surface area contributed by atoms with E-state index < -0.39 is 15.8 Å². The van der Waals surface area contributed by atoms with Crippen molar-refractivity contribution in [1.82, 2.24) is 10.2 Å². The molecule has 0 saturated heterocycles. The predicted molar refractivity (Wildman–Crippen MR) is 69.7 cm³/mol. The maximum Gasteiger partial charge on any atom is 0.264 e. The van der Waals surface area contributed by atoms with Crippen molar-refractivity contribution in [1.29, 1.82) is 0 Å². The van der Waals surface area contributed by atoms with E-state index in [9.17, 15) is 12.8 Å². The number of benzene rings is 1. The van der Waals surface area contributed by atoms with E-state index in [4.69, 9.17) is 5.73 Å². The van der Waals surface area contributed by atoms with Gasteiger partial charge in [0.2, 0.25) is 5.13 Å². The van der Waals surface area contributed by atoms with Crippen LogP contribution in [0.15, 0.2) is 23.1 Å². The number of rotatable bonds is 4. The second-order valence-electron chi connectivity index (χ2n) is 3.69. The zero-order valence-corrected chi connectivity index (χ0v) is 11.6.